The molecule has 0 bridgehead atoms. The second-order valence-electron chi connectivity index (χ2n) is 6.19. The first-order valence-corrected chi connectivity index (χ1v) is 9.59. The average Bonchev–Trinajstić information content (AvgIpc) is 3.14. The first-order valence-electron chi connectivity index (χ1n) is 8.78. The summed E-state index contributed by atoms with van der Waals surface area (Å²) < 4.78 is 40.9. The second kappa shape index (κ2) is 7.97. The van der Waals surface area contributed by atoms with Gasteiger partial charge in [0, 0.05) is 5.56 Å². The summed E-state index contributed by atoms with van der Waals surface area (Å²) in [7, 11) is 0. The number of benzene rings is 3. The number of H-pyrrole nitrogens is 1. The summed E-state index contributed by atoms with van der Waals surface area (Å²) in [6.45, 7) is 0. The van der Waals surface area contributed by atoms with Crippen LogP contribution in [-0.2, 0) is 0 Å². The van der Waals surface area contributed by atoms with E-state index in [1.54, 1.807) is 12.1 Å². The summed E-state index contributed by atoms with van der Waals surface area (Å²) in [5.41, 5.74) is 3.75. The molecule has 7 heteroatoms. The van der Waals surface area contributed by atoms with E-state index in [0.29, 0.717) is 5.69 Å². The van der Waals surface area contributed by atoms with Crippen molar-refractivity contribution in [2.75, 3.05) is 5.32 Å². The standard InChI is InChI=1S/C22H15F3N2OS/c23-22(24,25)28-18-13-11-17(12-14-18)26-21-27-19(15-7-3-1-4-8-15)20(29-21)16-9-5-2-6-10-16/h1-14H,(H,26,27)/p+1. The van der Waals surface area contributed by atoms with Crippen LogP contribution in [0.25, 0.3) is 21.7 Å². The summed E-state index contributed by atoms with van der Waals surface area (Å²) >= 11 is 1.54. The van der Waals surface area contributed by atoms with Gasteiger partial charge in [-0.05, 0) is 41.2 Å². The molecule has 0 spiro atoms. The molecule has 0 atom stereocenters. The summed E-state index contributed by atoms with van der Waals surface area (Å²) in [5.74, 6) is -0.256. The Balaban J connectivity index is 1.64. The van der Waals surface area contributed by atoms with Crippen molar-refractivity contribution >= 4 is 22.2 Å². The Bertz CT molecular complexity index is 1020. The van der Waals surface area contributed by atoms with Gasteiger partial charge in [0.15, 0.2) is 5.69 Å². The minimum atomic E-state index is -4.70. The number of halogens is 3. The quantitative estimate of drug-likeness (QED) is 0.403. The molecule has 146 valence electrons. The number of alkyl halides is 3. The van der Waals surface area contributed by atoms with Gasteiger partial charge in [0.25, 0.3) is 0 Å². The molecule has 0 aliphatic heterocycles. The number of anilines is 2. The van der Waals surface area contributed by atoms with Crippen molar-refractivity contribution in [2.45, 2.75) is 6.36 Å². The molecule has 0 radical (unpaired) electrons. The molecular formula is C22H16F3N2OS+. The van der Waals surface area contributed by atoms with Crippen molar-refractivity contribution in [2.24, 2.45) is 0 Å². The normalized spacial score (nSPS) is 11.3. The van der Waals surface area contributed by atoms with E-state index < -0.39 is 6.36 Å². The highest BCUT2D eigenvalue weighted by molar-refractivity contribution is 7.19. The van der Waals surface area contributed by atoms with Crippen molar-refractivity contribution in [3.05, 3.63) is 84.9 Å². The van der Waals surface area contributed by atoms with Crippen LogP contribution in [0.15, 0.2) is 84.9 Å². The van der Waals surface area contributed by atoms with Crippen LogP contribution in [0.2, 0.25) is 0 Å². The lowest BCUT2D eigenvalue weighted by Gasteiger charge is -2.08. The molecule has 3 aromatic carbocycles. The van der Waals surface area contributed by atoms with Crippen LogP contribution in [0, 0.1) is 0 Å². The van der Waals surface area contributed by atoms with Gasteiger partial charge in [-0.1, -0.05) is 60.7 Å². The van der Waals surface area contributed by atoms with Gasteiger partial charge < -0.3 is 4.74 Å². The van der Waals surface area contributed by atoms with E-state index in [2.05, 4.69) is 15.0 Å². The summed E-state index contributed by atoms with van der Waals surface area (Å²) in [6, 6.07) is 25.6. The Morgan fingerprint density at radius 1 is 0.759 bits per heavy atom. The molecule has 2 N–H and O–H groups in total. The molecule has 0 aliphatic carbocycles. The fourth-order valence-corrected chi connectivity index (χ4v) is 3.93. The number of thiazole rings is 1. The topological polar surface area (TPSA) is 35.4 Å². The number of rotatable bonds is 5. The lowest BCUT2D eigenvalue weighted by molar-refractivity contribution is -0.340. The summed E-state index contributed by atoms with van der Waals surface area (Å²) in [6.07, 6.45) is -4.70. The Morgan fingerprint density at radius 3 is 1.93 bits per heavy atom. The zero-order chi connectivity index (χ0) is 20.3. The van der Waals surface area contributed by atoms with E-state index in [0.717, 1.165) is 26.8 Å². The molecule has 0 saturated carbocycles. The third-order valence-corrected chi connectivity index (χ3v) is 5.17. The number of aromatic amines is 1. The van der Waals surface area contributed by atoms with Gasteiger partial charge in [0.05, 0.1) is 4.88 Å². The van der Waals surface area contributed by atoms with Crippen molar-refractivity contribution in [3.8, 4) is 27.4 Å². The van der Waals surface area contributed by atoms with E-state index in [1.165, 1.54) is 23.5 Å². The molecule has 29 heavy (non-hydrogen) atoms. The van der Waals surface area contributed by atoms with E-state index in [1.807, 2.05) is 60.7 Å². The molecule has 0 unspecified atom stereocenters. The van der Waals surface area contributed by atoms with Gasteiger partial charge in [0.1, 0.15) is 11.4 Å². The molecule has 3 nitrogen and oxygen atoms in total. The predicted molar refractivity (Wildman–Crippen MR) is 108 cm³/mol. The van der Waals surface area contributed by atoms with Gasteiger partial charge in [-0.25, -0.2) is 10.3 Å². The number of ether oxygens (including phenoxy) is 1. The third-order valence-electron chi connectivity index (χ3n) is 4.11. The zero-order valence-electron chi connectivity index (χ0n) is 15.0. The van der Waals surface area contributed by atoms with E-state index in [-0.39, 0.29) is 5.75 Å². The first-order chi connectivity index (χ1) is 14.0. The SMILES string of the molecule is FC(F)(F)Oc1ccc(Nc2[nH+]c(-c3ccccc3)c(-c3ccccc3)s2)cc1. The van der Waals surface area contributed by atoms with Crippen molar-refractivity contribution < 1.29 is 22.9 Å². The second-order valence-corrected chi connectivity index (χ2v) is 7.21. The largest absolute Gasteiger partial charge is 0.573 e. The van der Waals surface area contributed by atoms with Crippen LogP contribution in [0.3, 0.4) is 0 Å². The lowest BCUT2D eigenvalue weighted by atomic mass is 10.1. The van der Waals surface area contributed by atoms with Crippen LogP contribution in [0.4, 0.5) is 24.0 Å². The Hall–Kier alpha value is -3.32. The fraction of sp³-hybridized carbons (Fsp3) is 0.0455. The molecule has 1 aromatic heterocycles. The smallest absolute Gasteiger partial charge is 0.406 e. The zero-order valence-corrected chi connectivity index (χ0v) is 15.8. The minimum Gasteiger partial charge on any atom is -0.406 e. The average molecular weight is 413 g/mol. The van der Waals surface area contributed by atoms with E-state index in [4.69, 9.17) is 0 Å². The monoisotopic (exact) mass is 413 g/mol. The third kappa shape index (κ3) is 4.75. The van der Waals surface area contributed by atoms with Gasteiger partial charge in [-0.3, -0.25) is 0 Å². The summed E-state index contributed by atoms with van der Waals surface area (Å²) in [4.78, 5) is 4.46. The molecule has 0 fully saturated rings. The van der Waals surface area contributed by atoms with E-state index >= 15 is 0 Å². The highest BCUT2D eigenvalue weighted by Gasteiger charge is 2.31. The van der Waals surface area contributed by atoms with Crippen LogP contribution in [-0.4, -0.2) is 6.36 Å². The lowest BCUT2D eigenvalue weighted by Crippen LogP contribution is -2.17. The van der Waals surface area contributed by atoms with Crippen LogP contribution in [0.1, 0.15) is 0 Å². The maximum absolute atomic E-state index is 12.3. The molecular weight excluding hydrogens is 397 g/mol. The van der Waals surface area contributed by atoms with Crippen LogP contribution < -0.4 is 15.0 Å². The Morgan fingerprint density at radius 2 is 1.34 bits per heavy atom. The number of hydrogen-bond acceptors (Lipinski definition) is 3. The van der Waals surface area contributed by atoms with Crippen LogP contribution >= 0.6 is 11.3 Å². The fourth-order valence-electron chi connectivity index (χ4n) is 2.88. The minimum absolute atomic E-state index is 0.256. The molecule has 0 aliphatic rings. The number of hydrogen-bond donors (Lipinski definition) is 1. The number of nitrogens with one attached hydrogen (secondary N) is 2. The molecule has 0 amide bonds. The summed E-state index contributed by atoms with van der Waals surface area (Å²) in [5, 5.41) is 3.99. The highest BCUT2D eigenvalue weighted by atomic mass is 32.1. The van der Waals surface area contributed by atoms with Crippen molar-refractivity contribution in [1.29, 1.82) is 0 Å². The molecule has 4 rings (SSSR count). The van der Waals surface area contributed by atoms with E-state index in [9.17, 15) is 13.2 Å². The maximum Gasteiger partial charge on any atom is 0.573 e. The van der Waals surface area contributed by atoms with Gasteiger partial charge >= 0.3 is 11.5 Å². The van der Waals surface area contributed by atoms with Crippen LogP contribution in [0.5, 0.6) is 5.75 Å². The Labute approximate surface area is 169 Å². The molecule has 1 heterocycles. The highest BCUT2D eigenvalue weighted by Crippen LogP contribution is 2.37. The molecule has 0 saturated heterocycles. The predicted octanol–water partition coefficient (Wildman–Crippen LogP) is 6.54. The van der Waals surface area contributed by atoms with Crippen molar-refractivity contribution in [3.63, 3.8) is 0 Å². The van der Waals surface area contributed by atoms with Crippen molar-refractivity contribution in [1.82, 2.24) is 0 Å². The first kappa shape index (κ1) is 19.0. The molecule has 4 aromatic rings. The van der Waals surface area contributed by atoms with Gasteiger partial charge in [0.2, 0.25) is 0 Å². The number of aromatic nitrogens is 1. The van der Waals surface area contributed by atoms with Gasteiger partial charge in [-0.2, -0.15) is 0 Å². The van der Waals surface area contributed by atoms with Gasteiger partial charge in [-0.15, -0.1) is 13.2 Å². The Kier molecular flexibility index (Phi) is 5.22. The maximum atomic E-state index is 12.3.